The molecule has 6 heteroatoms. The van der Waals surface area contributed by atoms with E-state index in [0.29, 0.717) is 12.4 Å². The second-order valence-corrected chi connectivity index (χ2v) is 5.39. The van der Waals surface area contributed by atoms with Crippen molar-refractivity contribution in [3.8, 4) is 11.4 Å². The predicted octanol–water partition coefficient (Wildman–Crippen LogP) is 3.75. The lowest BCUT2D eigenvalue weighted by Gasteiger charge is -2.15. The number of rotatable bonds is 5. The van der Waals surface area contributed by atoms with E-state index in [1.807, 2.05) is 60.0 Å². The molecular weight excluding hydrogens is 306 g/mol. The number of imidazole rings is 1. The highest BCUT2D eigenvalue weighted by molar-refractivity contribution is 5.78. The van der Waals surface area contributed by atoms with E-state index >= 15 is 0 Å². The van der Waals surface area contributed by atoms with E-state index in [0.717, 1.165) is 22.5 Å². The van der Waals surface area contributed by atoms with E-state index in [1.54, 1.807) is 6.92 Å². The van der Waals surface area contributed by atoms with Crippen LogP contribution in [0.25, 0.3) is 16.7 Å². The fraction of sp³-hybridized carbons (Fsp3) is 0.222. The van der Waals surface area contributed by atoms with Gasteiger partial charge in [0.1, 0.15) is 11.6 Å². The number of nitrogens with one attached hydrogen (secondary N) is 1. The van der Waals surface area contributed by atoms with Crippen molar-refractivity contribution in [3.63, 3.8) is 0 Å². The third-order valence-electron chi connectivity index (χ3n) is 3.72. The maximum absolute atomic E-state index is 11.0. The molecule has 3 rings (SSSR count). The zero-order valence-corrected chi connectivity index (χ0v) is 13.6. The standard InChI is InChI=1S/C18H19N3O3/c1-3-24-14-10-8-13(9-11-14)21-16-7-5-4-6-15(16)20-17(21)12(2)19-18(22)23/h4-12,19H,3H2,1-2H3,(H,22,23). The topological polar surface area (TPSA) is 76.4 Å². The monoisotopic (exact) mass is 325 g/mol. The minimum absolute atomic E-state index is 0.443. The lowest BCUT2D eigenvalue weighted by atomic mass is 10.2. The molecule has 0 aliphatic heterocycles. The Morgan fingerprint density at radius 3 is 2.62 bits per heavy atom. The van der Waals surface area contributed by atoms with Gasteiger partial charge in [-0.15, -0.1) is 0 Å². The minimum atomic E-state index is -1.08. The Morgan fingerprint density at radius 1 is 1.25 bits per heavy atom. The number of hydrogen-bond acceptors (Lipinski definition) is 3. The zero-order valence-electron chi connectivity index (χ0n) is 13.6. The van der Waals surface area contributed by atoms with Gasteiger partial charge in [-0.2, -0.15) is 0 Å². The molecule has 0 fully saturated rings. The molecule has 24 heavy (non-hydrogen) atoms. The van der Waals surface area contributed by atoms with Gasteiger partial charge in [-0.3, -0.25) is 4.57 Å². The minimum Gasteiger partial charge on any atom is -0.494 e. The van der Waals surface area contributed by atoms with Gasteiger partial charge in [-0.05, 0) is 50.2 Å². The highest BCUT2D eigenvalue weighted by atomic mass is 16.5. The summed E-state index contributed by atoms with van der Waals surface area (Å²) in [6, 6.07) is 15.0. The molecule has 0 saturated heterocycles. The molecule has 3 aromatic rings. The molecule has 1 unspecified atom stereocenters. The van der Waals surface area contributed by atoms with Gasteiger partial charge in [0.15, 0.2) is 0 Å². The summed E-state index contributed by atoms with van der Waals surface area (Å²) >= 11 is 0. The molecule has 1 aromatic heterocycles. The van der Waals surface area contributed by atoms with Gasteiger partial charge >= 0.3 is 6.09 Å². The van der Waals surface area contributed by atoms with Gasteiger partial charge in [0.05, 0.1) is 23.7 Å². The van der Waals surface area contributed by atoms with Gasteiger partial charge in [0, 0.05) is 5.69 Å². The Morgan fingerprint density at radius 2 is 1.96 bits per heavy atom. The molecule has 0 bridgehead atoms. The van der Waals surface area contributed by atoms with Gasteiger partial charge in [-0.25, -0.2) is 9.78 Å². The number of para-hydroxylation sites is 2. The van der Waals surface area contributed by atoms with Gasteiger partial charge in [0.2, 0.25) is 0 Å². The number of hydrogen-bond donors (Lipinski definition) is 2. The Balaban J connectivity index is 2.11. The SMILES string of the molecule is CCOc1ccc(-n2c(C(C)NC(=O)O)nc3ccccc32)cc1. The number of carbonyl (C=O) groups is 1. The first kappa shape index (κ1) is 15.9. The normalized spacial score (nSPS) is 12.1. The molecule has 0 aliphatic rings. The lowest BCUT2D eigenvalue weighted by Crippen LogP contribution is -2.26. The highest BCUT2D eigenvalue weighted by Gasteiger charge is 2.19. The molecule has 1 heterocycles. The predicted molar refractivity (Wildman–Crippen MR) is 91.8 cm³/mol. The summed E-state index contributed by atoms with van der Waals surface area (Å²) in [5, 5.41) is 11.5. The smallest absolute Gasteiger partial charge is 0.405 e. The number of fused-ring (bicyclic) bond motifs is 1. The third-order valence-corrected chi connectivity index (χ3v) is 3.72. The second kappa shape index (κ2) is 6.62. The first-order chi connectivity index (χ1) is 11.6. The Labute approximate surface area is 139 Å². The largest absolute Gasteiger partial charge is 0.494 e. The number of aromatic nitrogens is 2. The van der Waals surface area contributed by atoms with E-state index in [-0.39, 0.29) is 0 Å². The lowest BCUT2D eigenvalue weighted by molar-refractivity contribution is 0.190. The van der Waals surface area contributed by atoms with Crippen molar-refractivity contribution in [2.45, 2.75) is 19.9 Å². The van der Waals surface area contributed by atoms with Gasteiger partial charge in [0.25, 0.3) is 0 Å². The number of amides is 1. The molecule has 6 nitrogen and oxygen atoms in total. The van der Waals surface area contributed by atoms with Crippen LogP contribution in [0.2, 0.25) is 0 Å². The van der Waals surface area contributed by atoms with Crippen LogP contribution in [0, 0.1) is 0 Å². The van der Waals surface area contributed by atoms with Crippen LogP contribution in [-0.4, -0.2) is 27.4 Å². The van der Waals surface area contributed by atoms with Crippen molar-refractivity contribution in [2.75, 3.05) is 6.61 Å². The molecule has 0 saturated carbocycles. The first-order valence-electron chi connectivity index (χ1n) is 7.80. The molecule has 0 aliphatic carbocycles. The van der Waals surface area contributed by atoms with Crippen LogP contribution in [0.3, 0.4) is 0 Å². The van der Waals surface area contributed by atoms with Crippen LogP contribution < -0.4 is 10.1 Å². The van der Waals surface area contributed by atoms with E-state index in [1.165, 1.54) is 0 Å². The van der Waals surface area contributed by atoms with Crippen molar-refractivity contribution >= 4 is 17.1 Å². The second-order valence-electron chi connectivity index (χ2n) is 5.39. The summed E-state index contributed by atoms with van der Waals surface area (Å²) in [6.07, 6.45) is -1.08. The van der Waals surface area contributed by atoms with Crippen molar-refractivity contribution in [2.24, 2.45) is 0 Å². The number of nitrogens with zero attached hydrogens (tertiary/aromatic N) is 2. The van der Waals surface area contributed by atoms with Crippen LogP contribution in [-0.2, 0) is 0 Å². The van der Waals surface area contributed by atoms with E-state index in [4.69, 9.17) is 9.84 Å². The highest BCUT2D eigenvalue weighted by Crippen LogP contribution is 2.26. The van der Waals surface area contributed by atoms with Crippen molar-refractivity contribution in [3.05, 3.63) is 54.4 Å². The summed E-state index contributed by atoms with van der Waals surface area (Å²) in [7, 11) is 0. The average Bonchev–Trinajstić information content (AvgIpc) is 2.95. The molecule has 1 atom stereocenters. The Bertz CT molecular complexity index is 856. The molecule has 2 N–H and O–H groups in total. The summed E-state index contributed by atoms with van der Waals surface area (Å²) in [5.74, 6) is 1.44. The van der Waals surface area contributed by atoms with E-state index in [2.05, 4.69) is 10.3 Å². The van der Waals surface area contributed by atoms with Crippen molar-refractivity contribution < 1.29 is 14.6 Å². The van der Waals surface area contributed by atoms with Crippen LogP contribution in [0.15, 0.2) is 48.5 Å². The maximum Gasteiger partial charge on any atom is 0.405 e. The number of ether oxygens (including phenoxy) is 1. The Kier molecular flexibility index (Phi) is 4.37. The number of carboxylic acid groups (broad SMARTS) is 1. The molecule has 1 amide bonds. The van der Waals surface area contributed by atoms with Crippen LogP contribution >= 0.6 is 0 Å². The molecule has 0 spiro atoms. The number of benzene rings is 2. The third kappa shape index (κ3) is 3.03. The van der Waals surface area contributed by atoms with E-state index < -0.39 is 12.1 Å². The summed E-state index contributed by atoms with van der Waals surface area (Å²) in [5.41, 5.74) is 2.65. The van der Waals surface area contributed by atoms with Gasteiger partial charge in [-0.1, -0.05) is 12.1 Å². The maximum atomic E-state index is 11.0. The zero-order chi connectivity index (χ0) is 17.1. The fourth-order valence-corrected chi connectivity index (χ4v) is 2.71. The molecule has 0 radical (unpaired) electrons. The quantitative estimate of drug-likeness (QED) is 0.749. The van der Waals surface area contributed by atoms with Crippen LogP contribution in [0.5, 0.6) is 5.75 Å². The molecule has 124 valence electrons. The fourth-order valence-electron chi connectivity index (χ4n) is 2.71. The Hall–Kier alpha value is -3.02. The van der Waals surface area contributed by atoms with Crippen LogP contribution in [0.1, 0.15) is 25.7 Å². The van der Waals surface area contributed by atoms with E-state index in [9.17, 15) is 4.79 Å². The molecule has 2 aromatic carbocycles. The average molecular weight is 325 g/mol. The van der Waals surface area contributed by atoms with Crippen LogP contribution in [0.4, 0.5) is 4.79 Å². The van der Waals surface area contributed by atoms with Crippen molar-refractivity contribution in [1.29, 1.82) is 0 Å². The van der Waals surface area contributed by atoms with Gasteiger partial charge < -0.3 is 15.2 Å². The summed E-state index contributed by atoms with van der Waals surface area (Å²) in [6.45, 7) is 4.33. The summed E-state index contributed by atoms with van der Waals surface area (Å²) < 4.78 is 7.45. The first-order valence-corrected chi connectivity index (χ1v) is 7.80. The summed E-state index contributed by atoms with van der Waals surface area (Å²) in [4.78, 5) is 15.6. The molecular formula is C18H19N3O3. The van der Waals surface area contributed by atoms with Crippen molar-refractivity contribution in [1.82, 2.24) is 14.9 Å².